The van der Waals surface area contributed by atoms with E-state index in [9.17, 15) is 4.79 Å². The lowest BCUT2D eigenvalue weighted by Crippen LogP contribution is -2.40. The van der Waals surface area contributed by atoms with Gasteiger partial charge in [-0.1, -0.05) is 6.42 Å². The molecule has 0 saturated carbocycles. The van der Waals surface area contributed by atoms with Gasteiger partial charge in [0.05, 0.1) is 10.2 Å². The second-order valence-corrected chi connectivity index (χ2v) is 6.97. The van der Waals surface area contributed by atoms with Crippen LogP contribution >= 0.6 is 27.3 Å². The van der Waals surface area contributed by atoms with Crippen LogP contribution in [0.15, 0.2) is 15.9 Å². The van der Waals surface area contributed by atoms with Crippen LogP contribution < -0.4 is 0 Å². The number of hydrogen-bond donors (Lipinski definition) is 1. The fraction of sp³-hybridized carbons (Fsp3) is 0.583. The van der Waals surface area contributed by atoms with Crippen LogP contribution in [-0.2, 0) is 11.3 Å². The van der Waals surface area contributed by atoms with Crippen molar-refractivity contribution in [2.45, 2.75) is 38.3 Å². The van der Waals surface area contributed by atoms with Gasteiger partial charge in [0.1, 0.15) is 0 Å². The molecule has 94 valence electrons. The molecule has 1 aromatic heterocycles. The third kappa shape index (κ3) is 3.79. The Balaban J connectivity index is 1.98. The van der Waals surface area contributed by atoms with Crippen molar-refractivity contribution < 1.29 is 9.90 Å². The Morgan fingerprint density at radius 1 is 1.53 bits per heavy atom. The smallest absolute Gasteiger partial charge is 0.304 e. The number of nitrogens with zero attached hydrogens (tertiary/aromatic N) is 1. The summed E-state index contributed by atoms with van der Waals surface area (Å²) in [6.07, 6.45) is 3.62. The molecule has 1 aliphatic rings. The summed E-state index contributed by atoms with van der Waals surface area (Å²) in [6, 6.07) is 4.37. The van der Waals surface area contributed by atoms with E-state index in [1.807, 2.05) is 0 Å². The van der Waals surface area contributed by atoms with Crippen molar-refractivity contribution >= 4 is 33.2 Å². The molecule has 1 saturated heterocycles. The van der Waals surface area contributed by atoms with Gasteiger partial charge in [0.25, 0.3) is 0 Å². The molecule has 0 amide bonds. The quantitative estimate of drug-likeness (QED) is 0.926. The minimum absolute atomic E-state index is 0.210. The normalized spacial score (nSPS) is 21.6. The number of rotatable bonds is 4. The first-order valence-corrected chi connectivity index (χ1v) is 7.46. The number of hydrogen-bond acceptors (Lipinski definition) is 3. The molecular formula is C12H16BrNO2S. The summed E-state index contributed by atoms with van der Waals surface area (Å²) in [6.45, 7) is 1.90. The second kappa shape index (κ2) is 5.98. The lowest BCUT2D eigenvalue weighted by Gasteiger charge is -2.34. The van der Waals surface area contributed by atoms with Gasteiger partial charge in [0.15, 0.2) is 0 Å². The van der Waals surface area contributed by atoms with Crippen LogP contribution in [0.3, 0.4) is 0 Å². The Labute approximate surface area is 114 Å². The summed E-state index contributed by atoms with van der Waals surface area (Å²) in [7, 11) is 0. The Hall–Kier alpha value is -0.390. The summed E-state index contributed by atoms with van der Waals surface area (Å²) < 4.78 is 1.14. The van der Waals surface area contributed by atoms with E-state index >= 15 is 0 Å². The number of piperidine rings is 1. The molecule has 17 heavy (non-hydrogen) atoms. The molecule has 5 heteroatoms. The van der Waals surface area contributed by atoms with Crippen molar-refractivity contribution in [1.29, 1.82) is 0 Å². The Bertz CT molecular complexity index is 394. The average molecular weight is 318 g/mol. The van der Waals surface area contributed by atoms with Gasteiger partial charge in [0.2, 0.25) is 0 Å². The van der Waals surface area contributed by atoms with E-state index in [2.05, 4.69) is 33.0 Å². The van der Waals surface area contributed by atoms with Gasteiger partial charge >= 0.3 is 5.97 Å². The fourth-order valence-electron chi connectivity index (χ4n) is 2.34. The topological polar surface area (TPSA) is 40.5 Å². The van der Waals surface area contributed by atoms with Gasteiger partial charge in [-0.2, -0.15) is 0 Å². The Morgan fingerprint density at radius 3 is 3.00 bits per heavy atom. The van der Waals surface area contributed by atoms with E-state index in [1.54, 1.807) is 11.3 Å². The molecule has 0 radical (unpaired) electrons. The maximum Gasteiger partial charge on any atom is 0.304 e. The number of thiophene rings is 1. The highest BCUT2D eigenvalue weighted by Gasteiger charge is 2.24. The Morgan fingerprint density at radius 2 is 2.35 bits per heavy atom. The summed E-state index contributed by atoms with van der Waals surface area (Å²) in [5.74, 6) is -0.686. The number of carboxylic acids is 1. The lowest BCUT2D eigenvalue weighted by molar-refractivity contribution is -0.138. The predicted octanol–water partition coefficient (Wildman–Crippen LogP) is 3.34. The fourth-order valence-corrected chi connectivity index (χ4v) is 3.85. The van der Waals surface area contributed by atoms with Crippen molar-refractivity contribution in [1.82, 2.24) is 4.90 Å². The molecule has 2 rings (SSSR count). The third-order valence-electron chi connectivity index (χ3n) is 3.15. The minimum Gasteiger partial charge on any atom is -0.481 e. The first-order chi connectivity index (χ1) is 8.15. The molecule has 2 heterocycles. The molecular weight excluding hydrogens is 302 g/mol. The van der Waals surface area contributed by atoms with Gasteiger partial charge in [-0.3, -0.25) is 9.69 Å². The largest absolute Gasteiger partial charge is 0.481 e. The SMILES string of the molecule is O=C(O)CC1CCCCN1Cc1ccc(Br)s1. The molecule has 0 aromatic carbocycles. The maximum absolute atomic E-state index is 10.8. The van der Waals surface area contributed by atoms with Crippen LogP contribution in [0.25, 0.3) is 0 Å². The minimum atomic E-state index is -0.686. The molecule has 1 N–H and O–H groups in total. The predicted molar refractivity (Wildman–Crippen MR) is 72.3 cm³/mol. The summed E-state index contributed by atoms with van der Waals surface area (Å²) in [5, 5.41) is 8.92. The average Bonchev–Trinajstić information content (AvgIpc) is 2.66. The number of carboxylic acid groups (broad SMARTS) is 1. The number of halogens is 1. The molecule has 1 unspecified atom stereocenters. The maximum atomic E-state index is 10.8. The van der Waals surface area contributed by atoms with E-state index in [0.29, 0.717) is 0 Å². The summed E-state index contributed by atoms with van der Waals surface area (Å²) >= 11 is 5.19. The first kappa shape index (κ1) is 13.1. The monoisotopic (exact) mass is 317 g/mol. The van der Waals surface area contributed by atoms with Crippen molar-refractivity contribution in [2.24, 2.45) is 0 Å². The van der Waals surface area contributed by atoms with E-state index < -0.39 is 5.97 Å². The van der Waals surface area contributed by atoms with Crippen molar-refractivity contribution in [3.8, 4) is 0 Å². The zero-order valence-corrected chi connectivity index (χ0v) is 12.0. The molecule has 1 aromatic rings. The Kier molecular flexibility index (Phi) is 4.59. The first-order valence-electron chi connectivity index (χ1n) is 5.85. The molecule has 0 bridgehead atoms. The molecule has 1 fully saturated rings. The number of carbonyl (C=O) groups is 1. The zero-order chi connectivity index (χ0) is 12.3. The third-order valence-corrected chi connectivity index (χ3v) is 4.76. The summed E-state index contributed by atoms with van der Waals surface area (Å²) in [4.78, 5) is 14.5. The van der Waals surface area contributed by atoms with Crippen LogP contribution in [0, 0.1) is 0 Å². The standard InChI is InChI=1S/C12H16BrNO2S/c13-11-5-4-10(17-11)8-14-6-2-1-3-9(14)7-12(15)16/h4-5,9H,1-3,6-8H2,(H,15,16). The lowest BCUT2D eigenvalue weighted by atomic mass is 9.99. The molecule has 1 aliphatic heterocycles. The summed E-state index contributed by atoms with van der Waals surface area (Å²) in [5.41, 5.74) is 0. The highest BCUT2D eigenvalue weighted by Crippen LogP contribution is 2.27. The van der Waals surface area contributed by atoms with Crippen molar-refractivity contribution in [2.75, 3.05) is 6.54 Å². The number of aliphatic carboxylic acids is 1. The number of likely N-dealkylation sites (tertiary alicyclic amines) is 1. The van der Waals surface area contributed by atoms with Crippen molar-refractivity contribution in [3.05, 3.63) is 20.8 Å². The highest BCUT2D eigenvalue weighted by molar-refractivity contribution is 9.11. The molecule has 0 aliphatic carbocycles. The van der Waals surface area contributed by atoms with Crippen LogP contribution in [0.2, 0.25) is 0 Å². The van der Waals surface area contributed by atoms with Crippen molar-refractivity contribution in [3.63, 3.8) is 0 Å². The second-order valence-electron chi connectivity index (χ2n) is 4.42. The van der Waals surface area contributed by atoms with E-state index in [0.717, 1.165) is 29.7 Å². The van der Waals surface area contributed by atoms with Crippen LogP contribution in [-0.4, -0.2) is 28.6 Å². The molecule has 1 atom stereocenters. The van der Waals surface area contributed by atoms with E-state index in [-0.39, 0.29) is 12.5 Å². The van der Waals surface area contributed by atoms with E-state index in [4.69, 9.17) is 5.11 Å². The van der Waals surface area contributed by atoms with Gasteiger partial charge in [-0.25, -0.2) is 0 Å². The van der Waals surface area contributed by atoms with Crippen LogP contribution in [0.4, 0.5) is 0 Å². The molecule has 3 nitrogen and oxygen atoms in total. The van der Waals surface area contributed by atoms with Crippen LogP contribution in [0.5, 0.6) is 0 Å². The molecule has 0 spiro atoms. The van der Waals surface area contributed by atoms with Gasteiger partial charge in [0, 0.05) is 17.5 Å². The van der Waals surface area contributed by atoms with Gasteiger partial charge < -0.3 is 5.11 Å². The van der Waals surface area contributed by atoms with Gasteiger partial charge in [-0.05, 0) is 47.4 Å². The van der Waals surface area contributed by atoms with E-state index in [1.165, 1.54) is 11.3 Å². The van der Waals surface area contributed by atoms with Crippen LogP contribution in [0.1, 0.15) is 30.6 Å². The van der Waals surface area contributed by atoms with Gasteiger partial charge in [-0.15, -0.1) is 11.3 Å². The highest BCUT2D eigenvalue weighted by atomic mass is 79.9. The zero-order valence-electron chi connectivity index (χ0n) is 9.56.